The second kappa shape index (κ2) is 2.11. The maximum absolute atomic E-state index is 10.8. The molecule has 1 saturated heterocycles. The fourth-order valence-electron chi connectivity index (χ4n) is 3.08. The molecule has 0 amide bonds. The van der Waals surface area contributed by atoms with Crippen molar-refractivity contribution in [2.24, 2.45) is 22.7 Å². The van der Waals surface area contributed by atoms with Gasteiger partial charge in [-0.3, -0.25) is 0 Å². The molecule has 0 radical (unpaired) electrons. The minimum Gasteiger partial charge on any atom is -0.316 e. The summed E-state index contributed by atoms with van der Waals surface area (Å²) in [7, 11) is 0. The molecule has 68 valence electrons. The zero-order valence-corrected chi connectivity index (χ0v) is 8.05. The number of carbonyl (C=O) groups excluding carboxylic acids is 1. The largest absolute Gasteiger partial charge is 0.316 e. The highest BCUT2D eigenvalue weighted by molar-refractivity contribution is 5.63. The van der Waals surface area contributed by atoms with Crippen LogP contribution >= 0.6 is 0 Å². The van der Waals surface area contributed by atoms with Crippen LogP contribution in [-0.2, 0) is 4.79 Å². The van der Waals surface area contributed by atoms with Crippen LogP contribution in [0.15, 0.2) is 0 Å². The van der Waals surface area contributed by atoms with Crippen molar-refractivity contribution < 1.29 is 4.79 Å². The number of piperidine rings is 1. The summed E-state index contributed by atoms with van der Waals surface area (Å²) in [6.07, 6.45) is 1.16. The van der Waals surface area contributed by atoms with Crippen LogP contribution in [0.1, 0.15) is 20.8 Å². The van der Waals surface area contributed by atoms with E-state index in [0.29, 0.717) is 11.8 Å². The van der Waals surface area contributed by atoms with Gasteiger partial charge < -0.3 is 10.1 Å². The van der Waals surface area contributed by atoms with Gasteiger partial charge in [-0.25, -0.2) is 0 Å². The molecule has 0 aromatic heterocycles. The van der Waals surface area contributed by atoms with Gasteiger partial charge in [-0.2, -0.15) is 0 Å². The predicted molar refractivity (Wildman–Crippen MR) is 47.8 cm³/mol. The Kier molecular flexibility index (Phi) is 1.45. The Labute approximate surface area is 73.7 Å². The van der Waals surface area contributed by atoms with E-state index in [1.807, 2.05) is 0 Å². The van der Waals surface area contributed by atoms with E-state index in [1.165, 1.54) is 0 Å². The van der Waals surface area contributed by atoms with E-state index in [4.69, 9.17) is 0 Å². The van der Waals surface area contributed by atoms with Crippen LogP contribution in [0.4, 0.5) is 0 Å². The first-order valence-electron chi connectivity index (χ1n) is 4.70. The first kappa shape index (κ1) is 8.24. The molecule has 1 heterocycles. The van der Waals surface area contributed by atoms with E-state index < -0.39 is 0 Å². The monoisotopic (exact) mass is 167 g/mol. The highest BCUT2D eigenvalue weighted by atomic mass is 16.1. The Morgan fingerprint density at radius 1 is 1.50 bits per heavy atom. The van der Waals surface area contributed by atoms with Gasteiger partial charge in [0.1, 0.15) is 6.29 Å². The van der Waals surface area contributed by atoms with Crippen molar-refractivity contribution >= 4 is 6.29 Å². The molecule has 3 atom stereocenters. The number of nitrogens with one attached hydrogen (secondary N) is 1. The van der Waals surface area contributed by atoms with Gasteiger partial charge in [0.25, 0.3) is 0 Å². The molecule has 0 spiro atoms. The van der Waals surface area contributed by atoms with E-state index >= 15 is 0 Å². The van der Waals surface area contributed by atoms with Crippen LogP contribution in [0, 0.1) is 22.7 Å². The lowest BCUT2D eigenvalue weighted by atomic mass is 9.75. The highest BCUT2D eigenvalue weighted by Crippen LogP contribution is 2.68. The molecule has 0 aromatic carbocycles. The van der Waals surface area contributed by atoms with Crippen LogP contribution in [0.3, 0.4) is 0 Å². The molecule has 12 heavy (non-hydrogen) atoms. The number of hydrogen-bond acceptors (Lipinski definition) is 2. The lowest BCUT2D eigenvalue weighted by molar-refractivity contribution is -0.110. The molecule has 2 nitrogen and oxygen atoms in total. The Hall–Kier alpha value is -0.370. The first-order chi connectivity index (χ1) is 5.54. The van der Waals surface area contributed by atoms with Crippen molar-refractivity contribution in [3.63, 3.8) is 0 Å². The molecule has 0 bridgehead atoms. The molecule has 2 aliphatic rings. The average Bonchev–Trinajstić information content (AvgIpc) is 2.36. The summed E-state index contributed by atoms with van der Waals surface area (Å²) in [6, 6.07) is 0. The Balaban J connectivity index is 2.27. The third kappa shape index (κ3) is 0.717. The SMILES string of the molecule is CC(C)(C)C12CNCC1C2C=O. The summed E-state index contributed by atoms with van der Waals surface area (Å²) in [4.78, 5) is 10.8. The topological polar surface area (TPSA) is 29.1 Å². The third-order valence-electron chi connectivity index (χ3n) is 3.91. The van der Waals surface area contributed by atoms with Crippen molar-refractivity contribution in [2.75, 3.05) is 13.1 Å². The second-order valence-electron chi connectivity index (χ2n) is 5.19. The third-order valence-corrected chi connectivity index (χ3v) is 3.91. The second-order valence-corrected chi connectivity index (χ2v) is 5.19. The van der Waals surface area contributed by atoms with Gasteiger partial charge in [-0.05, 0) is 17.9 Å². The van der Waals surface area contributed by atoms with E-state index in [-0.39, 0.29) is 10.8 Å². The van der Waals surface area contributed by atoms with Crippen molar-refractivity contribution in [2.45, 2.75) is 20.8 Å². The molecule has 0 aromatic rings. The number of rotatable bonds is 1. The van der Waals surface area contributed by atoms with Crippen molar-refractivity contribution in [1.82, 2.24) is 5.32 Å². The quantitative estimate of drug-likeness (QED) is 0.592. The fraction of sp³-hybridized carbons (Fsp3) is 0.900. The average molecular weight is 167 g/mol. The summed E-state index contributed by atoms with van der Waals surface area (Å²) < 4.78 is 0. The maximum atomic E-state index is 10.8. The summed E-state index contributed by atoms with van der Waals surface area (Å²) >= 11 is 0. The van der Waals surface area contributed by atoms with Gasteiger partial charge in [0.2, 0.25) is 0 Å². The molecule has 3 unspecified atom stereocenters. The lowest BCUT2D eigenvalue weighted by Crippen LogP contribution is -2.31. The highest BCUT2D eigenvalue weighted by Gasteiger charge is 2.71. The van der Waals surface area contributed by atoms with Gasteiger partial charge in [0.05, 0.1) is 0 Å². The Bertz CT molecular complexity index is 218. The Morgan fingerprint density at radius 2 is 2.17 bits per heavy atom. The van der Waals surface area contributed by atoms with Gasteiger partial charge >= 0.3 is 0 Å². The van der Waals surface area contributed by atoms with Crippen molar-refractivity contribution in [3.05, 3.63) is 0 Å². The van der Waals surface area contributed by atoms with Gasteiger partial charge in [-0.15, -0.1) is 0 Å². The zero-order valence-electron chi connectivity index (χ0n) is 8.05. The molecule has 1 saturated carbocycles. The normalized spacial score (nSPS) is 45.6. The minimum absolute atomic E-state index is 0.271. The first-order valence-corrected chi connectivity index (χ1v) is 4.70. The molecular weight excluding hydrogens is 150 g/mol. The predicted octanol–water partition coefficient (Wildman–Crippen LogP) is 1.07. The van der Waals surface area contributed by atoms with E-state index in [9.17, 15) is 4.79 Å². The number of aldehydes is 1. The molecule has 2 heteroatoms. The molecule has 1 aliphatic carbocycles. The van der Waals surface area contributed by atoms with Gasteiger partial charge in [0.15, 0.2) is 0 Å². The number of hydrogen-bond donors (Lipinski definition) is 1. The zero-order chi connectivity index (χ0) is 8.98. The number of fused-ring (bicyclic) bond motifs is 1. The van der Waals surface area contributed by atoms with Crippen molar-refractivity contribution in [1.29, 1.82) is 0 Å². The Morgan fingerprint density at radius 3 is 2.50 bits per heavy atom. The minimum atomic E-state index is 0.271. The summed E-state index contributed by atoms with van der Waals surface area (Å²) in [6.45, 7) is 8.81. The molecule has 2 fully saturated rings. The van der Waals surface area contributed by atoms with E-state index in [0.717, 1.165) is 19.4 Å². The van der Waals surface area contributed by atoms with Gasteiger partial charge in [-0.1, -0.05) is 20.8 Å². The van der Waals surface area contributed by atoms with Crippen LogP contribution in [0.5, 0.6) is 0 Å². The molecule has 1 aliphatic heterocycles. The van der Waals surface area contributed by atoms with Crippen molar-refractivity contribution in [3.8, 4) is 0 Å². The number of carbonyl (C=O) groups is 1. The maximum Gasteiger partial charge on any atom is 0.124 e. The van der Waals surface area contributed by atoms with E-state index in [1.54, 1.807) is 0 Å². The molecule has 1 N–H and O–H groups in total. The lowest BCUT2D eigenvalue weighted by Gasteiger charge is -2.30. The van der Waals surface area contributed by atoms with Crippen LogP contribution in [-0.4, -0.2) is 19.4 Å². The summed E-state index contributed by atoms with van der Waals surface area (Å²) in [5.74, 6) is 0.953. The van der Waals surface area contributed by atoms with E-state index in [2.05, 4.69) is 26.1 Å². The summed E-state index contributed by atoms with van der Waals surface area (Å²) in [5, 5.41) is 3.37. The van der Waals surface area contributed by atoms with Crippen LogP contribution < -0.4 is 5.32 Å². The van der Waals surface area contributed by atoms with Gasteiger partial charge in [0, 0.05) is 17.9 Å². The molecular formula is C10H17NO. The fourth-order valence-corrected chi connectivity index (χ4v) is 3.08. The van der Waals surface area contributed by atoms with Crippen LogP contribution in [0.2, 0.25) is 0 Å². The smallest absolute Gasteiger partial charge is 0.124 e. The molecule has 2 rings (SSSR count). The summed E-state index contributed by atoms with van der Waals surface area (Å²) in [5.41, 5.74) is 0.557. The standard InChI is InChI=1S/C10H17NO/c1-9(2,3)10-6-11-4-7(10)8(10)5-12/h5,7-8,11H,4,6H2,1-3H3. The van der Waals surface area contributed by atoms with Crippen LogP contribution in [0.25, 0.3) is 0 Å².